The van der Waals surface area contributed by atoms with Crippen LogP contribution in [0.25, 0.3) is 0 Å². The number of hydrogen-bond acceptors (Lipinski definition) is 7. The summed E-state index contributed by atoms with van der Waals surface area (Å²) >= 11 is 0. The fourth-order valence-corrected chi connectivity index (χ4v) is 6.74. The number of amides is 1. The number of hydrogen-bond donors (Lipinski definition) is 2. The van der Waals surface area contributed by atoms with Gasteiger partial charge >= 0.3 is 0 Å². The van der Waals surface area contributed by atoms with Crippen molar-refractivity contribution in [2.45, 2.75) is 64.2 Å². The second-order valence-corrected chi connectivity index (χ2v) is 14.9. The number of aryl methyl sites for hydroxylation is 1. The summed E-state index contributed by atoms with van der Waals surface area (Å²) in [5.74, 6) is -0.729. The molecule has 3 heterocycles. The van der Waals surface area contributed by atoms with Crippen molar-refractivity contribution >= 4 is 33.3 Å². The van der Waals surface area contributed by atoms with Crippen molar-refractivity contribution in [1.82, 2.24) is 20.2 Å². The predicted octanol–water partition coefficient (Wildman–Crippen LogP) is 4.57. The molecule has 0 bridgehead atoms. The van der Waals surface area contributed by atoms with E-state index in [4.69, 9.17) is 0 Å². The van der Waals surface area contributed by atoms with Crippen molar-refractivity contribution in [1.29, 1.82) is 0 Å². The molecule has 42 heavy (non-hydrogen) atoms. The van der Waals surface area contributed by atoms with Crippen LogP contribution in [0.1, 0.15) is 66.4 Å². The van der Waals surface area contributed by atoms with Gasteiger partial charge in [0, 0.05) is 30.9 Å². The average molecular weight is 595 g/mol. The number of benzene rings is 2. The van der Waals surface area contributed by atoms with E-state index in [-0.39, 0.29) is 11.6 Å². The Bertz CT molecular complexity index is 1600. The van der Waals surface area contributed by atoms with Crippen molar-refractivity contribution in [3.8, 4) is 0 Å². The van der Waals surface area contributed by atoms with Gasteiger partial charge in [0.05, 0.1) is 21.7 Å². The number of nitrogens with one attached hydrogen (secondary N) is 2. The Kier molecular flexibility index (Phi) is 8.26. The molecule has 0 unspecified atom stereocenters. The van der Waals surface area contributed by atoms with Gasteiger partial charge in [-0.05, 0) is 108 Å². The van der Waals surface area contributed by atoms with Crippen LogP contribution in [0.5, 0.6) is 0 Å². The third-order valence-electron chi connectivity index (χ3n) is 8.04. The number of anilines is 3. The van der Waals surface area contributed by atoms with Crippen molar-refractivity contribution < 1.29 is 17.6 Å². The van der Waals surface area contributed by atoms with E-state index in [0.29, 0.717) is 31.0 Å². The summed E-state index contributed by atoms with van der Waals surface area (Å²) in [5.41, 5.74) is 4.76. The predicted molar refractivity (Wildman–Crippen MR) is 163 cm³/mol. The van der Waals surface area contributed by atoms with Gasteiger partial charge in [0.2, 0.25) is 16.0 Å². The van der Waals surface area contributed by atoms with Gasteiger partial charge in [-0.1, -0.05) is 12.1 Å². The van der Waals surface area contributed by atoms with Gasteiger partial charge in [-0.15, -0.1) is 0 Å². The monoisotopic (exact) mass is 594 g/mol. The summed E-state index contributed by atoms with van der Waals surface area (Å²) in [4.78, 5) is 23.9. The molecule has 2 aromatic carbocycles. The summed E-state index contributed by atoms with van der Waals surface area (Å²) in [6, 6.07) is 10.4. The maximum absolute atomic E-state index is 15.0. The minimum atomic E-state index is -3.51. The molecular weight excluding hydrogens is 555 g/mol. The minimum absolute atomic E-state index is 0.00381. The highest BCUT2D eigenvalue weighted by molar-refractivity contribution is 7.94. The van der Waals surface area contributed by atoms with Crippen LogP contribution in [-0.4, -0.2) is 66.7 Å². The number of piperidine rings is 1. The lowest BCUT2D eigenvalue weighted by atomic mass is 10.0. The molecule has 0 aliphatic carbocycles. The number of fused-ring (bicyclic) bond motifs is 1. The molecule has 9 nitrogen and oxygen atoms in total. The highest BCUT2D eigenvalue weighted by Crippen LogP contribution is 2.35. The van der Waals surface area contributed by atoms with Gasteiger partial charge in [0.25, 0.3) is 5.91 Å². The molecule has 1 aromatic heterocycles. The van der Waals surface area contributed by atoms with E-state index in [9.17, 15) is 17.6 Å². The van der Waals surface area contributed by atoms with E-state index in [2.05, 4.69) is 25.5 Å². The third kappa shape index (κ3) is 6.27. The molecule has 0 spiro atoms. The molecule has 2 N–H and O–H groups in total. The fraction of sp³-hybridized carbons (Fsp3) is 0.452. The van der Waals surface area contributed by atoms with Crippen LogP contribution < -0.4 is 14.9 Å². The van der Waals surface area contributed by atoms with Crippen LogP contribution in [-0.2, 0) is 22.9 Å². The highest BCUT2D eigenvalue weighted by Gasteiger charge is 2.38. The quantitative estimate of drug-likeness (QED) is 0.413. The lowest BCUT2D eigenvalue weighted by Crippen LogP contribution is -2.43. The Morgan fingerprint density at radius 2 is 1.83 bits per heavy atom. The first-order valence-corrected chi connectivity index (χ1v) is 15.8. The molecule has 1 amide bonds. The van der Waals surface area contributed by atoms with Gasteiger partial charge in [-0.25, -0.2) is 22.8 Å². The number of sulfonamides is 1. The van der Waals surface area contributed by atoms with Crippen LogP contribution in [0.3, 0.4) is 0 Å². The molecule has 0 atom stereocenters. The largest absolute Gasteiger partial charge is 0.349 e. The summed E-state index contributed by atoms with van der Waals surface area (Å²) in [6.45, 7) is 9.31. The number of halogens is 1. The molecule has 1 saturated heterocycles. The van der Waals surface area contributed by atoms with Gasteiger partial charge in [-0.3, -0.25) is 9.10 Å². The van der Waals surface area contributed by atoms with Crippen LogP contribution >= 0.6 is 0 Å². The number of nitrogens with zero attached hydrogens (tertiary/aromatic N) is 4. The number of rotatable bonds is 7. The van der Waals surface area contributed by atoms with Crippen LogP contribution in [0.4, 0.5) is 21.7 Å². The van der Waals surface area contributed by atoms with E-state index in [1.807, 2.05) is 32.2 Å². The first-order valence-electron chi connectivity index (χ1n) is 14.3. The van der Waals surface area contributed by atoms with Crippen molar-refractivity contribution in [3.63, 3.8) is 0 Å². The van der Waals surface area contributed by atoms with E-state index >= 15 is 0 Å². The van der Waals surface area contributed by atoms with Crippen molar-refractivity contribution in [2.24, 2.45) is 0 Å². The van der Waals surface area contributed by atoms with Gasteiger partial charge in [-0.2, -0.15) is 0 Å². The summed E-state index contributed by atoms with van der Waals surface area (Å²) in [7, 11) is -1.46. The number of carbonyl (C=O) groups is 1. The van der Waals surface area contributed by atoms with Gasteiger partial charge in [0.1, 0.15) is 5.82 Å². The summed E-state index contributed by atoms with van der Waals surface area (Å²) in [6.07, 6.45) is 4.55. The number of likely N-dealkylation sites (tertiary alicyclic amines) is 1. The topological polar surface area (TPSA) is 108 Å². The molecule has 3 aromatic rings. The molecule has 224 valence electrons. The first kappa shape index (κ1) is 29.9. The molecule has 1 fully saturated rings. The summed E-state index contributed by atoms with van der Waals surface area (Å²) < 4.78 is 42.0. The Morgan fingerprint density at radius 1 is 1.10 bits per heavy atom. The van der Waals surface area contributed by atoms with Crippen LogP contribution in [0, 0.1) is 12.7 Å². The second kappa shape index (κ2) is 11.6. The molecule has 5 rings (SSSR count). The molecule has 11 heteroatoms. The maximum Gasteiger partial charge on any atom is 0.254 e. The normalized spacial score (nSPS) is 16.4. The van der Waals surface area contributed by atoms with Crippen LogP contribution in [0.15, 0.2) is 42.6 Å². The lowest BCUT2D eigenvalue weighted by molar-refractivity contribution is 0.0913. The van der Waals surface area contributed by atoms with E-state index in [1.54, 1.807) is 33.0 Å². The zero-order chi connectivity index (χ0) is 30.2. The molecule has 0 radical (unpaired) electrons. The zero-order valence-corrected chi connectivity index (χ0v) is 25.7. The van der Waals surface area contributed by atoms with E-state index in [1.165, 1.54) is 16.4 Å². The zero-order valence-electron chi connectivity index (χ0n) is 24.9. The smallest absolute Gasteiger partial charge is 0.254 e. The molecule has 2 aliphatic rings. The van der Waals surface area contributed by atoms with E-state index < -0.39 is 26.5 Å². The lowest BCUT2D eigenvalue weighted by Gasteiger charge is -2.29. The maximum atomic E-state index is 15.0. The Balaban J connectivity index is 1.29. The van der Waals surface area contributed by atoms with E-state index in [0.717, 1.165) is 54.0 Å². The standard InChI is InChI=1S/C31H39FN6O3S/c1-20-19-33-30(35-24-8-9-25(26(32)18-24)29(39)34-23-11-13-37(5)14-12-23)36-27(20)16-21-6-7-22-10-15-38(28(22)17-21)42(40,41)31(2,3)4/h6-9,17-19,23H,10-16H2,1-5H3,(H,34,39)(H,33,35,36). The Morgan fingerprint density at radius 3 is 2.52 bits per heavy atom. The molecular formula is C31H39FN6O3S. The number of aromatic nitrogens is 2. The summed E-state index contributed by atoms with van der Waals surface area (Å²) in [5, 5.41) is 6.00. The van der Waals surface area contributed by atoms with Crippen molar-refractivity contribution in [3.05, 3.63) is 76.4 Å². The van der Waals surface area contributed by atoms with Gasteiger partial charge in [0.15, 0.2) is 0 Å². The highest BCUT2D eigenvalue weighted by atomic mass is 32.2. The Hall–Kier alpha value is -3.57. The fourth-order valence-electron chi connectivity index (χ4n) is 5.32. The average Bonchev–Trinajstić information content (AvgIpc) is 3.35. The minimum Gasteiger partial charge on any atom is -0.349 e. The number of carbonyl (C=O) groups excluding carboxylic acids is 1. The SMILES string of the molecule is Cc1cnc(Nc2ccc(C(=O)NC3CCN(C)CC3)c(F)c2)nc1Cc1ccc2c(c1)N(S(=O)(=O)C(C)(C)C)CC2. The second-order valence-electron chi connectivity index (χ2n) is 12.3. The molecule has 0 saturated carbocycles. The Labute approximate surface area is 247 Å². The van der Waals surface area contributed by atoms with Crippen molar-refractivity contribution in [2.75, 3.05) is 36.3 Å². The van der Waals surface area contributed by atoms with Crippen LogP contribution in [0.2, 0.25) is 0 Å². The molecule has 2 aliphatic heterocycles. The first-order chi connectivity index (χ1) is 19.8. The third-order valence-corrected chi connectivity index (χ3v) is 10.5. The van der Waals surface area contributed by atoms with Gasteiger partial charge < -0.3 is 15.5 Å².